The van der Waals surface area contributed by atoms with E-state index in [-0.39, 0.29) is 6.03 Å². The standard InChI is InChI=1S/C16H16N2O2/c19-16(17-12-9-10-12)18-13-5-4-8-15(11-13)20-14-6-2-1-3-7-14/h1-8,11-12H,9-10H2,(H2,17,18,19). The molecule has 20 heavy (non-hydrogen) atoms. The molecular formula is C16H16N2O2. The fourth-order valence-electron chi connectivity index (χ4n) is 1.84. The Balaban J connectivity index is 1.64. The molecule has 1 saturated carbocycles. The summed E-state index contributed by atoms with van der Waals surface area (Å²) in [5, 5.41) is 5.69. The summed E-state index contributed by atoms with van der Waals surface area (Å²) in [5.74, 6) is 1.47. The Labute approximate surface area is 117 Å². The zero-order valence-corrected chi connectivity index (χ0v) is 11.0. The van der Waals surface area contributed by atoms with E-state index in [1.165, 1.54) is 0 Å². The summed E-state index contributed by atoms with van der Waals surface area (Å²) in [6.45, 7) is 0. The minimum absolute atomic E-state index is 0.163. The number of para-hydroxylation sites is 1. The molecule has 2 aromatic rings. The quantitative estimate of drug-likeness (QED) is 0.887. The summed E-state index contributed by atoms with van der Waals surface area (Å²) >= 11 is 0. The number of carbonyl (C=O) groups excluding carboxylic acids is 1. The molecule has 0 spiro atoms. The van der Waals surface area contributed by atoms with Crippen LogP contribution in [0.2, 0.25) is 0 Å². The molecule has 0 atom stereocenters. The van der Waals surface area contributed by atoms with Gasteiger partial charge < -0.3 is 15.4 Å². The van der Waals surface area contributed by atoms with E-state index in [2.05, 4.69) is 10.6 Å². The number of carbonyl (C=O) groups is 1. The predicted molar refractivity (Wildman–Crippen MR) is 78.1 cm³/mol. The first-order valence-corrected chi connectivity index (χ1v) is 6.70. The van der Waals surface area contributed by atoms with Crippen LogP contribution >= 0.6 is 0 Å². The first-order chi connectivity index (χ1) is 9.79. The fourth-order valence-corrected chi connectivity index (χ4v) is 1.84. The molecule has 0 heterocycles. The van der Waals surface area contributed by atoms with Gasteiger partial charge in [-0.15, -0.1) is 0 Å². The van der Waals surface area contributed by atoms with Crippen molar-refractivity contribution in [2.24, 2.45) is 0 Å². The molecule has 4 heteroatoms. The average molecular weight is 268 g/mol. The van der Waals surface area contributed by atoms with Gasteiger partial charge in [-0.25, -0.2) is 4.79 Å². The molecule has 4 nitrogen and oxygen atoms in total. The SMILES string of the molecule is O=C(Nc1cccc(Oc2ccccc2)c1)NC1CC1. The zero-order chi connectivity index (χ0) is 13.8. The summed E-state index contributed by atoms with van der Waals surface area (Å²) in [6.07, 6.45) is 2.15. The Morgan fingerprint density at radius 2 is 1.75 bits per heavy atom. The largest absolute Gasteiger partial charge is 0.457 e. The van der Waals surface area contributed by atoms with Crippen LogP contribution in [0.15, 0.2) is 54.6 Å². The number of benzene rings is 2. The van der Waals surface area contributed by atoms with Crippen molar-refractivity contribution >= 4 is 11.7 Å². The van der Waals surface area contributed by atoms with Gasteiger partial charge in [0, 0.05) is 17.8 Å². The van der Waals surface area contributed by atoms with Gasteiger partial charge in [-0.3, -0.25) is 0 Å². The Morgan fingerprint density at radius 3 is 2.50 bits per heavy atom. The van der Waals surface area contributed by atoms with E-state index in [0.29, 0.717) is 11.8 Å². The van der Waals surface area contributed by atoms with Crippen molar-refractivity contribution < 1.29 is 9.53 Å². The topological polar surface area (TPSA) is 50.4 Å². The Bertz CT molecular complexity index is 594. The highest BCUT2D eigenvalue weighted by Gasteiger charge is 2.23. The molecule has 2 amide bonds. The smallest absolute Gasteiger partial charge is 0.319 e. The first-order valence-electron chi connectivity index (χ1n) is 6.70. The maximum absolute atomic E-state index is 11.7. The zero-order valence-electron chi connectivity index (χ0n) is 11.0. The van der Waals surface area contributed by atoms with Crippen LogP contribution < -0.4 is 15.4 Å². The van der Waals surface area contributed by atoms with Crippen LogP contribution in [0.5, 0.6) is 11.5 Å². The van der Waals surface area contributed by atoms with Crippen LogP contribution in [-0.2, 0) is 0 Å². The Hall–Kier alpha value is -2.49. The lowest BCUT2D eigenvalue weighted by molar-refractivity contribution is 0.251. The number of amides is 2. The monoisotopic (exact) mass is 268 g/mol. The molecule has 102 valence electrons. The van der Waals surface area contributed by atoms with Crippen molar-refractivity contribution in [1.82, 2.24) is 5.32 Å². The van der Waals surface area contributed by atoms with Crippen LogP contribution in [0, 0.1) is 0 Å². The highest BCUT2D eigenvalue weighted by molar-refractivity contribution is 5.89. The second kappa shape index (κ2) is 5.65. The van der Waals surface area contributed by atoms with Crippen molar-refractivity contribution in [3.05, 3.63) is 54.6 Å². The number of urea groups is 1. The Kier molecular flexibility index (Phi) is 3.54. The van der Waals surface area contributed by atoms with Crippen LogP contribution in [0.4, 0.5) is 10.5 Å². The van der Waals surface area contributed by atoms with E-state index in [9.17, 15) is 4.79 Å². The summed E-state index contributed by atoms with van der Waals surface area (Å²) in [6, 6.07) is 17.1. The van der Waals surface area contributed by atoms with Gasteiger partial charge >= 0.3 is 6.03 Å². The van der Waals surface area contributed by atoms with Gasteiger partial charge in [0.05, 0.1) is 0 Å². The van der Waals surface area contributed by atoms with Gasteiger partial charge in [0.25, 0.3) is 0 Å². The van der Waals surface area contributed by atoms with Gasteiger partial charge in [-0.05, 0) is 37.1 Å². The third-order valence-corrected chi connectivity index (χ3v) is 2.98. The molecule has 2 N–H and O–H groups in total. The first kappa shape index (κ1) is 12.5. The molecule has 0 saturated heterocycles. The summed E-state index contributed by atoms with van der Waals surface area (Å²) in [5.41, 5.74) is 0.719. The lowest BCUT2D eigenvalue weighted by atomic mass is 10.3. The molecule has 0 aromatic heterocycles. The van der Waals surface area contributed by atoms with Gasteiger partial charge in [-0.2, -0.15) is 0 Å². The van der Waals surface area contributed by atoms with E-state index in [4.69, 9.17) is 4.74 Å². The van der Waals surface area contributed by atoms with Crippen molar-refractivity contribution in [1.29, 1.82) is 0 Å². The summed E-state index contributed by atoms with van der Waals surface area (Å²) < 4.78 is 5.72. The number of ether oxygens (including phenoxy) is 1. The Morgan fingerprint density at radius 1 is 1.00 bits per heavy atom. The molecule has 0 aliphatic heterocycles. The minimum Gasteiger partial charge on any atom is -0.457 e. The van der Waals surface area contributed by atoms with Crippen LogP contribution in [0.1, 0.15) is 12.8 Å². The van der Waals surface area contributed by atoms with E-state index < -0.39 is 0 Å². The van der Waals surface area contributed by atoms with Gasteiger partial charge in [0.2, 0.25) is 0 Å². The predicted octanol–water partition coefficient (Wildman–Crippen LogP) is 3.76. The van der Waals surface area contributed by atoms with Gasteiger partial charge in [0.15, 0.2) is 0 Å². The highest BCUT2D eigenvalue weighted by Crippen LogP contribution is 2.24. The van der Waals surface area contributed by atoms with E-state index >= 15 is 0 Å². The second-order valence-corrected chi connectivity index (χ2v) is 4.82. The normalized spacial score (nSPS) is 13.6. The van der Waals surface area contributed by atoms with Gasteiger partial charge in [-0.1, -0.05) is 24.3 Å². The number of hydrogen-bond acceptors (Lipinski definition) is 2. The van der Waals surface area contributed by atoms with Gasteiger partial charge in [0.1, 0.15) is 11.5 Å². The van der Waals surface area contributed by atoms with E-state index in [1.54, 1.807) is 6.07 Å². The van der Waals surface area contributed by atoms with E-state index in [0.717, 1.165) is 24.3 Å². The van der Waals surface area contributed by atoms with E-state index in [1.807, 2.05) is 48.5 Å². The van der Waals surface area contributed by atoms with Crippen LogP contribution in [0.25, 0.3) is 0 Å². The molecule has 1 fully saturated rings. The number of hydrogen-bond donors (Lipinski definition) is 2. The molecule has 0 radical (unpaired) electrons. The number of anilines is 1. The highest BCUT2D eigenvalue weighted by atomic mass is 16.5. The molecule has 1 aliphatic rings. The summed E-state index contributed by atoms with van der Waals surface area (Å²) in [7, 11) is 0. The third kappa shape index (κ3) is 3.51. The molecule has 0 bridgehead atoms. The van der Waals surface area contributed by atoms with Crippen LogP contribution in [-0.4, -0.2) is 12.1 Å². The van der Waals surface area contributed by atoms with Crippen molar-refractivity contribution in [3.63, 3.8) is 0 Å². The average Bonchev–Trinajstić information content (AvgIpc) is 3.24. The molecular weight excluding hydrogens is 252 g/mol. The van der Waals surface area contributed by atoms with Crippen molar-refractivity contribution in [3.8, 4) is 11.5 Å². The maximum Gasteiger partial charge on any atom is 0.319 e. The molecule has 3 rings (SSSR count). The second-order valence-electron chi connectivity index (χ2n) is 4.82. The molecule has 2 aromatic carbocycles. The summed E-state index contributed by atoms with van der Waals surface area (Å²) in [4.78, 5) is 11.7. The van der Waals surface area contributed by atoms with Crippen molar-refractivity contribution in [2.45, 2.75) is 18.9 Å². The van der Waals surface area contributed by atoms with Crippen molar-refractivity contribution in [2.75, 3.05) is 5.32 Å². The third-order valence-electron chi connectivity index (χ3n) is 2.98. The minimum atomic E-state index is -0.163. The fraction of sp³-hybridized carbons (Fsp3) is 0.188. The number of nitrogens with one attached hydrogen (secondary N) is 2. The maximum atomic E-state index is 11.7. The van der Waals surface area contributed by atoms with Crippen LogP contribution in [0.3, 0.4) is 0 Å². The number of rotatable bonds is 4. The lowest BCUT2D eigenvalue weighted by Crippen LogP contribution is -2.30. The molecule has 1 aliphatic carbocycles. The molecule has 0 unspecified atom stereocenters. The lowest BCUT2D eigenvalue weighted by Gasteiger charge is -2.09.